The fourth-order valence-corrected chi connectivity index (χ4v) is 2.72. The zero-order valence-electron chi connectivity index (χ0n) is 10.9. The predicted molar refractivity (Wildman–Crippen MR) is 76.0 cm³/mol. The van der Waals surface area contributed by atoms with E-state index in [1.807, 2.05) is 29.2 Å². The topological polar surface area (TPSA) is 32.3 Å². The lowest BCUT2D eigenvalue weighted by Gasteiger charge is -2.33. The van der Waals surface area contributed by atoms with Gasteiger partial charge in [-0.05, 0) is 43.4 Å². The Balaban J connectivity index is 1.62. The maximum Gasteiger partial charge on any atom is 0.240 e. The molecule has 1 aliphatic carbocycles. The predicted octanol–water partition coefficient (Wildman–Crippen LogP) is 2.58. The fraction of sp³-hybridized carbons (Fsp3) is 0.533. The van der Waals surface area contributed by atoms with Crippen molar-refractivity contribution in [2.45, 2.75) is 44.3 Å². The summed E-state index contributed by atoms with van der Waals surface area (Å²) in [6.45, 7) is 1.56. The summed E-state index contributed by atoms with van der Waals surface area (Å²) in [4.78, 5) is 14.4. The molecule has 3 rings (SSSR count). The van der Waals surface area contributed by atoms with E-state index >= 15 is 0 Å². The largest absolute Gasteiger partial charge is 0.337 e. The smallest absolute Gasteiger partial charge is 0.240 e. The molecule has 102 valence electrons. The molecule has 2 fully saturated rings. The van der Waals surface area contributed by atoms with Crippen molar-refractivity contribution in [2.24, 2.45) is 0 Å². The van der Waals surface area contributed by atoms with Crippen molar-refractivity contribution < 1.29 is 4.79 Å². The van der Waals surface area contributed by atoms with Crippen LogP contribution in [0.25, 0.3) is 0 Å². The van der Waals surface area contributed by atoms with Crippen molar-refractivity contribution in [3.8, 4) is 0 Å². The van der Waals surface area contributed by atoms with Crippen LogP contribution in [0.3, 0.4) is 0 Å². The first-order valence-electron chi connectivity index (χ1n) is 7.01. The van der Waals surface area contributed by atoms with Crippen molar-refractivity contribution in [1.82, 2.24) is 10.2 Å². The molecular weight excluding hydrogens is 260 g/mol. The molecular formula is C15H19ClN2O. The van der Waals surface area contributed by atoms with Gasteiger partial charge in [0.25, 0.3) is 0 Å². The van der Waals surface area contributed by atoms with E-state index in [9.17, 15) is 4.79 Å². The molecule has 0 radical (unpaired) electrons. The molecule has 19 heavy (non-hydrogen) atoms. The zero-order chi connectivity index (χ0) is 13.2. The first kappa shape index (κ1) is 12.9. The lowest BCUT2D eigenvalue weighted by molar-refractivity contribution is -0.136. The Morgan fingerprint density at radius 1 is 1.21 bits per heavy atom. The van der Waals surface area contributed by atoms with Gasteiger partial charge < -0.3 is 10.2 Å². The number of hydrogen-bond acceptors (Lipinski definition) is 2. The second-order valence-corrected chi connectivity index (χ2v) is 5.96. The first-order chi connectivity index (χ1) is 9.22. The molecule has 1 atom stereocenters. The maximum absolute atomic E-state index is 12.4. The van der Waals surface area contributed by atoms with Gasteiger partial charge in [0.2, 0.25) is 5.91 Å². The zero-order valence-corrected chi connectivity index (χ0v) is 11.7. The Bertz CT molecular complexity index is 456. The van der Waals surface area contributed by atoms with E-state index < -0.39 is 0 Å². The molecule has 1 aromatic rings. The molecule has 0 spiro atoms. The van der Waals surface area contributed by atoms with Crippen molar-refractivity contribution >= 4 is 17.5 Å². The van der Waals surface area contributed by atoms with Crippen LogP contribution in [0, 0.1) is 0 Å². The van der Waals surface area contributed by atoms with E-state index in [1.165, 1.54) is 12.8 Å². The summed E-state index contributed by atoms with van der Waals surface area (Å²) in [5.41, 5.74) is 1.14. The van der Waals surface area contributed by atoms with Gasteiger partial charge in [-0.15, -0.1) is 0 Å². The highest BCUT2D eigenvalue weighted by atomic mass is 35.5. The number of hydrogen-bond donors (Lipinski definition) is 1. The number of carbonyl (C=O) groups excluding carboxylic acids is 1. The molecule has 1 aromatic carbocycles. The van der Waals surface area contributed by atoms with Crippen LogP contribution in [0.5, 0.6) is 0 Å². The summed E-state index contributed by atoms with van der Waals surface area (Å²) < 4.78 is 0. The minimum Gasteiger partial charge on any atom is -0.337 e. The second kappa shape index (κ2) is 5.51. The van der Waals surface area contributed by atoms with Crippen LogP contribution in [0.4, 0.5) is 0 Å². The third kappa shape index (κ3) is 3.28. The lowest BCUT2D eigenvalue weighted by atomic mass is 10.0. The van der Waals surface area contributed by atoms with Crippen LogP contribution in [0.1, 0.15) is 31.2 Å². The number of piperidine rings is 1. The third-order valence-electron chi connectivity index (χ3n) is 3.83. The summed E-state index contributed by atoms with van der Waals surface area (Å²) >= 11 is 5.88. The van der Waals surface area contributed by atoms with E-state index in [1.54, 1.807) is 0 Å². The SMILES string of the molecule is O=C1C(NC2CC2)CCCN1Cc1ccc(Cl)cc1. The van der Waals surface area contributed by atoms with Gasteiger partial charge in [-0.2, -0.15) is 0 Å². The van der Waals surface area contributed by atoms with E-state index in [4.69, 9.17) is 11.6 Å². The van der Waals surface area contributed by atoms with Gasteiger partial charge in [0.05, 0.1) is 6.04 Å². The average Bonchev–Trinajstić information content (AvgIpc) is 3.21. The lowest BCUT2D eigenvalue weighted by Crippen LogP contribution is -2.50. The highest BCUT2D eigenvalue weighted by Gasteiger charge is 2.33. The minimum absolute atomic E-state index is 0.0357. The highest BCUT2D eigenvalue weighted by Crippen LogP contribution is 2.23. The molecule has 1 amide bonds. The van der Waals surface area contributed by atoms with Crippen molar-refractivity contribution in [1.29, 1.82) is 0 Å². The van der Waals surface area contributed by atoms with E-state index in [-0.39, 0.29) is 11.9 Å². The molecule has 1 aliphatic heterocycles. The Morgan fingerprint density at radius 2 is 1.95 bits per heavy atom. The quantitative estimate of drug-likeness (QED) is 0.918. The van der Waals surface area contributed by atoms with Gasteiger partial charge in [-0.1, -0.05) is 23.7 Å². The number of rotatable bonds is 4. The number of nitrogens with one attached hydrogen (secondary N) is 1. The molecule has 3 nitrogen and oxygen atoms in total. The van der Waals surface area contributed by atoms with Crippen molar-refractivity contribution in [3.05, 3.63) is 34.9 Å². The molecule has 1 N–H and O–H groups in total. The van der Waals surface area contributed by atoms with Gasteiger partial charge in [-0.3, -0.25) is 4.79 Å². The second-order valence-electron chi connectivity index (χ2n) is 5.52. The van der Waals surface area contributed by atoms with Crippen LogP contribution in [0.15, 0.2) is 24.3 Å². The van der Waals surface area contributed by atoms with Gasteiger partial charge in [0.1, 0.15) is 0 Å². The average molecular weight is 279 g/mol. The Labute approximate surface area is 118 Å². The van der Waals surface area contributed by atoms with E-state index in [0.717, 1.165) is 30.0 Å². The van der Waals surface area contributed by atoms with Crippen molar-refractivity contribution in [2.75, 3.05) is 6.54 Å². The van der Waals surface area contributed by atoms with Crippen molar-refractivity contribution in [3.63, 3.8) is 0 Å². The Morgan fingerprint density at radius 3 is 2.63 bits per heavy atom. The summed E-state index contributed by atoms with van der Waals surface area (Å²) in [6.07, 6.45) is 4.51. The fourth-order valence-electron chi connectivity index (χ4n) is 2.60. The molecule has 0 aromatic heterocycles. The number of halogens is 1. The standard InChI is InChI=1S/C15H19ClN2O/c16-12-5-3-11(4-6-12)10-18-9-1-2-14(15(18)19)17-13-7-8-13/h3-6,13-14,17H,1-2,7-10H2. The maximum atomic E-state index is 12.4. The summed E-state index contributed by atoms with van der Waals surface area (Å²) in [6, 6.07) is 8.37. The van der Waals surface area contributed by atoms with Gasteiger partial charge in [-0.25, -0.2) is 0 Å². The number of likely N-dealkylation sites (tertiary alicyclic amines) is 1. The monoisotopic (exact) mass is 278 g/mol. The number of nitrogens with zero attached hydrogens (tertiary/aromatic N) is 1. The van der Waals surface area contributed by atoms with Crippen LogP contribution in [-0.4, -0.2) is 29.4 Å². The number of carbonyl (C=O) groups is 1. The molecule has 1 unspecified atom stereocenters. The van der Waals surface area contributed by atoms with Crippen LogP contribution in [-0.2, 0) is 11.3 Å². The van der Waals surface area contributed by atoms with Crippen LogP contribution in [0.2, 0.25) is 5.02 Å². The van der Waals surface area contributed by atoms with E-state index in [0.29, 0.717) is 12.6 Å². The normalized spacial score (nSPS) is 23.7. The minimum atomic E-state index is 0.0357. The van der Waals surface area contributed by atoms with Gasteiger partial charge in [0.15, 0.2) is 0 Å². The summed E-state index contributed by atoms with van der Waals surface area (Å²) in [5, 5.41) is 4.19. The highest BCUT2D eigenvalue weighted by molar-refractivity contribution is 6.30. The first-order valence-corrected chi connectivity index (χ1v) is 7.39. The molecule has 4 heteroatoms. The molecule has 1 saturated heterocycles. The van der Waals surface area contributed by atoms with E-state index in [2.05, 4.69) is 5.32 Å². The molecule has 1 saturated carbocycles. The summed E-state index contributed by atoms with van der Waals surface area (Å²) in [7, 11) is 0. The third-order valence-corrected chi connectivity index (χ3v) is 4.08. The molecule has 0 bridgehead atoms. The summed E-state index contributed by atoms with van der Waals surface area (Å²) in [5.74, 6) is 0.258. The molecule has 2 aliphatic rings. The van der Waals surface area contributed by atoms with Gasteiger partial charge in [0, 0.05) is 24.2 Å². The van der Waals surface area contributed by atoms with Crippen LogP contribution < -0.4 is 5.32 Å². The number of amides is 1. The Kier molecular flexibility index (Phi) is 3.76. The number of benzene rings is 1. The Hall–Kier alpha value is -1.06. The van der Waals surface area contributed by atoms with Crippen LogP contribution >= 0.6 is 11.6 Å². The van der Waals surface area contributed by atoms with Gasteiger partial charge >= 0.3 is 0 Å². The molecule has 1 heterocycles.